The largest absolute Gasteiger partial charge is 0.312 e. The molecular weight excluding hydrogens is 248 g/mol. The zero-order valence-electron chi connectivity index (χ0n) is 11.9. The standard InChI is InChI=1S/C17H22N2O/c1-3-11-18(12-4-2)13-10-17(20)19-14-9-15-7-5-6-8-16(15)19/h3-8H,1-2,9-14H2. The lowest BCUT2D eigenvalue weighted by atomic mass is 10.2. The van der Waals surface area contributed by atoms with Crippen LogP contribution < -0.4 is 4.90 Å². The summed E-state index contributed by atoms with van der Waals surface area (Å²) in [7, 11) is 0. The third kappa shape index (κ3) is 3.36. The molecule has 0 atom stereocenters. The quantitative estimate of drug-likeness (QED) is 0.711. The fourth-order valence-electron chi connectivity index (χ4n) is 2.61. The van der Waals surface area contributed by atoms with Gasteiger partial charge in [0.05, 0.1) is 0 Å². The molecule has 106 valence electrons. The van der Waals surface area contributed by atoms with E-state index in [1.807, 2.05) is 35.3 Å². The monoisotopic (exact) mass is 270 g/mol. The van der Waals surface area contributed by atoms with Crippen LogP contribution in [0.5, 0.6) is 0 Å². The highest BCUT2D eigenvalue weighted by atomic mass is 16.2. The number of fused-ring (bicyclic) bond motifs is 1. The van der Waals surface area contributed by atoms with Gasteiger partial charge in [0.15, 0.2) is 0 Å². The Balaban J connectivity index is 1.92. The molecule has 3 heteroatoms. The van der Waals surface area contributed by atoms with Crippen LogP contribution in [-0.2, 0) is 11.2 Å². The van der Waals surface area contributed by atoms with E-state index in [1.165, 1.54) is 5.56 Å². The average Bonchev–Trinajstić information content (AvgIpc) is 2.89. The van der Waals surface area contributed by atoms with E-state index >= 15 is 0 Å². The summed E-state index contributed by atoms with van der Waals surface area (Å²) < 4.78 is 0. The lowest BCUT2D eigenvalue weighted by Crippen LogP contribution is -2.33. The highest BCUT2D eigenvalue weighted by Crippen LogP contribution is 2.27. The Morgan fingerprint density at radius 2 is 1.95 bits per heavy atom. The van der Waals surface area contributed by atoms with Gasteiger partial charge in [-0.1, -0.05) is 30.4 Å². The summed E-state index contributed by atoms with van der Waals surface area (Å²) in [5, 5.41) is 0. The van der Waals surface area contributed by atoms with Crippen molar-refractivity contribution in [2.75, 3.05) is 31.1 Å². The smallest absolute Gasteiger partial charge is 0.228 e. The number of amides is 1. The summed E-state index contributed by atoms with van der Waals surface area (Å²) in [5.74, 6) is 0.202. The number of para-hydroxylation sites is 1. The molecule has 0 bridgehead atoms. The number of anilines is 1. The zero-order valence-corrected chi connectivity index (χ0v) is 11.9. The first-order valence-electron chi connectivity index (χ1n) is 7.08. The second-order valence-electron chi connectivity index (χ2n) is 5.01. The van der Waals surface area contributed by atoms with Crippen molar-refractivity contribution in [2.45, 2.75) is 12.8 Å². The van der Waals surface area contributed by atoms with Crippen LogP contribution in [-0.4, -0.2) is 37.0 Å². The Morgan fingerprint density at radius 3 is 2.65 bits per heavy atom. The number of nitrogens with zero attached hydrogens (tertiary/aromatic N) is 2. The molecular formula is C17H22N2O. The Labute approximate surface area is 121 Å². The SMILES string of the molecule is C=CCN(CC=C)CCC(=O)N1CCc2ccccc21. The summed E-state index contributed by atoms with van der Waals surface area (Å²) in [6, 6.07) is 8.16. The maximum absolute atomic E-state index is 12.4. The molecule has 0 aromatic heterocycles. The van der Waals surface area contributed by atoms with E-state index in [1.54, 1.807) is 0 Å². The number of carbonyl (C=O) groups is 1. The van der Waals surface area contributed by atoms with Crippen LogP contribution in [0.3, 0.4) is 0 Å². The molecule has 0 aliphatic carbocycles. The van der Waals surface area contributed by atoms with Gasteiger partial charge in [-0.2, -0.15) is 0 Å². The van der Waals surface area contributed by atoms with Crippen molar-refractivity contribution in [1.29, 1.82) is 0 Å². The van der Waals surface area contributed by atoms with Crippen molar-refractivity contribution in [3.05, 3.63) is 55.1 Å². The number of hydrogen-bond donors (Lipinski definition) is 0. The van der Waals surface area contributed by atoms with Gasteiger partial charge in [-0.05, 0) is 18.1 Å². The highest BCUT2D eigenvalue weighted by molar-refractivity contribution is 5.95. The number of hydrogen-bond acceptors (Lipinski definition) is 2. The minimum Gasteiger partial charge on any atom is -0.312 e. The number of carbonyl (C=O) groups excluding carboxylic acids is 1. The lowest BCUT2D eigenvalue weighted by Gasteiger charge is -2.21. The molecule has 0 saturated heterocycles. The Bertz CT molecular complexity index is 486. The van der Waals surface area contributed by atoms with Gasteiger partial charge in [0.25, 0.3) is 0 Å². The minimum absolute atomic E-state index is 0.202. The first-order chi connectivity index (χ1) is 9.76. The van der Waals surface area contributed by atoms with Gasteiger partial charge in [0.2, 0.25) is 5.91 Å². The molecule has 1 aliphatic rings. The van der Waals surface area contributed by atoms with Crippen molar-refractivity contribution in [1.82, 2.24) is 4.90 Å². The van der Waals surface area contributed by atoms with Crippen LogP contribution in [0, 0.1) is 0 Å². The summed E-state index contributed by atoms with van der Waals surface area (Å²) in [4.78, 5) is 16.4. The topological polar surface area (TPSA) is 23.6 Å². The number of rotatable bonds is 7. The van der Waals surface area contributed by atoms with E-state index < -0.39 is 0 Å². The molecule has 0 spiro atoms. The molecule has 0 N–H and O–H groups in total. The van der Waals surface area contributed by atoms with E-state index in [9.17, 15) is 4.79 Å². The van der Waals surface area contributed by atoms with Gasteiger partial charge in [-0.15, -0.1) is 13.2 Å². The molecule has 1 amide bonds. The van der Waals surface area contributed by atoms with Crippen molar-refractivity contribution in [2.24, 2.45) is 0 Å². The predicted molar refractivity (Wildman–Crippen MR) is 84.0 cm³/mol. The first-order valence-corrected chi connectivity index (χ1v) is 7.08. The summed E-state index contributed by atoms with van der Waals surface area (Å²) in [6.07, 6.45) is 5.22. The number of benzene rings is 1. The van der Waals surface area contributed by atoms with E-state index in [0.29, 0.717) is 6.42 Å². The van der Waals surface area contributed by atoms with E-state index in [2.05, 4.69) is 24.1 Å². The maximum Gasteiger partial charge on any atom is 0.228 e. The van der Waals surface area contributed by atoms with Crippen molar-refractivity contribution in [3.63, 3.8) is 0 Å². The normalized spacial score (nSPS) is 13.3. The molecule has 1 heterocycles. The maximum atomic E-state index is 12.4. The first kappa shape index (κ1) is 14.5. The van der Waals surface area contributed by atoms with Gasteiger partial charge in [0.1, 0.15) is 0 Å². The minimum atomic E-state index is 0.202. The van der Waals surface area contributed by atoms with Crippen LogP contribution in [0.4, 0.5) is 5.69 Å². The molecule has 0 fully saturated rings. The Hall–Kier alpha value is -1.87. The molecule has 1 aromatic rings. The summed E-state index contributed by atoms with van der Waals surface area (Å²) in [5.41, 5.74) is 2.35. The van der Waals surface area contributed by atoms with Crippen molar-refractivity contribution < 1.29 is 4.79 Å². The van der Waals surface area contributed by atoms with E-state index in [0.717, 1.165) is 38.3 Å². The van der Waals surface area contributed by atoms with E-state index in [-0.39, 0.29) is 5.91 Å². The molecule has 1 aliphatic heterocycles. The fraction of sp³-hybridized carbons (Fsp3) is 0.353. The van der Waals surface area contributed by atoms with Crippen molar-refractivity contribution in [3.8, 4) is 0 Å². The summed E-state index contributed by atoms with van der Waals surface area (Å²) >= 11 is 0. The van der Waals surface area contributed by atoms with Gasteiger partial charge >= 0.3 is 0 Å². The molecule has 0 radical (unpaired) electrons. The van der Waals surface area contributed by atoms with E-state index in [4.69, 9.17) is 0 Å². The Morgan fingerprint density at radius 1 is 1.25 bits per heavy atom. The van der Waals surface area contributed by atoms with Gasteiger partial charge in [0, 0.05) is 38.3 Å². The molecule has 3 nitrogen and oxygen atoms in total. The second kappa shape index (κ2) is 7.06. The second-order valence-corrected chi connectivity index (χ2v) is 5.01. The molecule has 1 aromatic carbocycles. The summed E-state index contributed by atoms with van der Waals surface area (Å²) in [6.45, 7) is 10.6. The van der Waals surface area contributed by atoms with Gasteiger partial charge in [-0.3, -0.25) is 9.69 Å². The van der Waals surface area contributed by atoms with Crippen LogP contribution in [0.25, 0.3) is 0 Å². The molecule has 2 rings (SSSR count). The predicted octanol–water partition coefficient (Wildman–Crippen LogP) is 2.64. The fourth-order valence-corrected chi connectivity index (χ4v) is 2.61. The van der Waals surface area contributed by atoms with Crippen molar-refractivity contribution >= 4 is 11.6 Å². The van der Waals surface area contributed by atoms with Gasteiger partial charge < -0.3 is 4.90 Å². The van der Waals surface area contributed by atoms with Crippen LogP contribution in [0.15, 0.2) is 49.6 Å². The third-order valence-corrected chi connectivity index (χ3v) is 3.60. The van der Waals surface area contributed by atoms with Crippen LogP contribution in [0.1, 0.15) is 12.0 Å². The zero-order chi connectivity index (χ0) is 14.4. The van der Waals surface area contributed by atoms with Crippen LogP contribution in [0.2, 0.25) is 0 Å². The molecule has 20 heavy (non-hydrogen) atoms. The van der Waals surface area contributed by atoms with Gasteiger partial charge in [-0.25, -0.2) is 0 Å². The molecule has 0 saturated carbocycles. The Kier molecular flexibility index (Phi) is 5.13. The van der Waals surface area contributed by atoms with Crippen LogP contribution >= 0.6 is 0 Å². The highest BCUT2D eigenvalue weighted by Gasteiger charge is 2.23. The third-order valence-electron chi connectivity index (χ3n) is 3.60. The lowest BCUT2D eigenvalue weighted by molar-refractivity contribution is -0.118. The molecule has 0 unspecified atom stereocenters. The average molecular weight is 270 g/mol.